The maximum atomic E-state index is 12.2. The number of carbonyl (C=O) groups excluding carboxylic acids is 2. The lowest BCUT2D eigenvalue weighted by Crippen LogP contribution is -2.30. The van der Waals surface area contributed by atoms with E-state index in [9.17, 15) is 14.7 Å². The van der Waals surface area contributed by atoms with E-state index in [0.717, 1.165) is 10.0 Å². The van der Waals surface area contributed by atoms with Gasteiger partial charge in [-0.2, -0.15) is 5.10 Å². The highest BCUT2D eigenvalue weighted by molar-refractivity contribution is 9.10. The van der Waals surface area contributed by atoms with E-state index in [-0.39, 0.29) is 17.6 Å². The van der Waals surface area contributed by atoms with E-state index in [4.69, 9.17) is 0 Å². The first-order valence-electron chi connectivity index (χ1n) is 8.70. The smallest absolute Gasteiger partial charge is 0.269 e. The van der Waals surface area contributed by atoms with Crippen molar-refractivity contribution in [3.63, 3.8) is 0 Å². The molecule has 3 rings (SSSR count). The van der Waals surface area contributed by atoms with Crippen LogP contribution in [0.3, 0.4) is 0 Å². The van der Waals surface area contributed by atoms with Crippen LogP contribution in [0.5, 0.6) is 5.75 Å². The van der Waals surface area contributed by atoms with Crippen molar-refractivity contribution in [2.45, 2.75) is 6.42 Å². The Hall–Kier alpha value is -3.13. The molecule has 0 radical (unpaired) electrons. The summed E-state index contributed by atoms with van der Waals surface area (Å²) in [6.07, 6.45) is 0.573. The number of aromatic nitrogens is 2. The molecule has 28 heavy (non-hydrogen) atoms. The zero-order chi connectivity index (χ0) is 19.9. The van der Waals surface area contributed by atoms with Crippen LogP contribution in [0.2, 0.25) is 0 Å². The molecule has 0 saturated carbocycles. The third-order valence-electron chi connectivity index (χ3n) is 4.00. The highest BCUT2D eigenvalue weighted by Gasteiger charge is 2.11. The molecule has 0 saturated heterocycles. The number of hydrogen-bond acceptors (Lipinski definition) is 4. The molecular weight excluding hydrogens is 424 g/mol. The second-order valence-corrected chi connectivity index (χ2v) is 7.01. The van der Waals surface area contributed by atoms with Gasteiger partial charge in [-0.05, 0) is 42.8 Å². The minimum Gasteiger partial charge on any atom is -0.508 e. The Morgan fingerprint density at radius 1 is 1.00 bits per heavy atom. The number of amides is 2. The van der Waals surface area contributed by atoms with Crippen molar-refractivity contribution in [2.24, 2.45) is 0 Å². The van der Waals surface area contributed by atoms with Gasteiger partial charge >= 0.3 is 0 Å². The maximum Gasteiger partial charge on any atom is 0.269 e. The van der Waals surface area contributed by atoms with Crippen molar-refractivity contribution in [3.05, 3.63) is 70.3 Å². The summed E-state index contributed by atoms with van der Waals surface area (Å²) in [5.41, 5.74) is 2.37. The summed E-state index contributed by atoms with van der Waals surface area (Å²) in [5, 5.41) is 21.8. The molecule has 0 aliphatic carbocycles. The summed E-state index contributed by atoms with van der Waals surface area (Å²) in [6, 6.07) is 15.5. The molecule has 0 aliphatic rings. The maximum absolute atomic E-state index is 12.2. The molecule has 7 nitrogen and oxygen atoms in total. The van der Waals surface area contributed by atoms with Gasteiger partial charge in [0.2, 0.25) is 0 Å². The van der Waals surface area contributed by atoms with Gasteiger partial charge in [0.1, 0.15) is 11.4 Å². The fraction of sp³-hybridized carbons (Fsp3) is 0.150. The number of nitrogens with zero attached hydrogens (tertiary/aromatic N) is 1. The van der Waals surface area contributed by atoms with Crippen LogP contribution in [0, 0.1) is 0 Å². The third-order valence-corrected chi connectivity index (χ3v) is 4.52. The Labute approximate surface area is 170 Å². The zero-order valence-corrected chi connectivity index (χ0v) is 16.5. The Morgan fingerprint density at radius 3 is 2.43 bits per heavy atom. The van der Waals surface area contributed by atoms with E-state index < -0.39 is 0 Å². The van der Waals surface area contributed by atoms with E-state index >= 15 is 0 Å². The lowest BCUT2D eigenvalue weighted by Gasteiger charge is -2.06. The monoisotopic (exact) mass is 442 g/mol. The van der Waals surface area contributed by atoms with Crippen molar-refractivity contribution >= 4 is 27.7 Å². The average Bonchev–Trinajstić information content (AvgIpc) is 3.18. The molecule has 144 valence electrons. The molecule has 0 aliphatic heterocycles. The molecule has 4 N–H and O–H groups in total. The predicted molar refractivity (Wildman–Crippen MR) is 109 cm³/mol. The van der Waals surface area contributed by atoms with E-state index in [1.165, 1.54) is 12.1 Å². The first-order valence-corrected chi connectivity index (χ1v) is 9.49. The topological polar surface area (TPSA) is 107 Å². The summed E-state index contributed by atoms with van der Waals surface area (Å²) in [6.45, 7) is 0.813. The second kappa shape index (κ2) is 9.18. The Morgan fingerprint density at radius 2 is 1.71 bits per heavy atom. The van der Waals surface area contributed by atoms with E-state index in [2.05, 4.69) is 36.8 Å². The number of phenols is 1. The van der Waals surface area contributed by atoms with Crippen LogP contribution in [0.15, 0.2) is 59.1 Å². The van der Waals surface area contributed by atoms with Crippen LogP contribution in [0.1, 0.15) is 27.3 Å². The Bertz CT molecular complexity index is 970. The molecule has 0 spiro atoms. The molecule has 0 fully saturated rings. The number of hydrogen-bond donors (Lipinski definition) is 4. The Balaban J connectivity index is 1.42. The lowest BCUT2D eigenvalue weighted by molar-refractivity contribution is 0.0947. The first kappa shape index (κ1) is 19.6. The summed E-state index contributed by atoms with van der Waals surface area (Å²) < 4.78 is 0.973. The number of carbonyl (C=O) groups is 2. The minimum absolute atomic E-state index is 0.0435. The van der Waals surface area contributed by atoms with Crippen LogP contribution >= 0.6 is 15.9 Å². The number of benzene rings is 2. The molecule has 3 aromatic rings. The minimum atomic E-state index is -0.269. The number of H-pyrrole nitrogens is 1. The highest BCUT2D eigenvalue weighted by Crippen LogP contribution is 2.20. The number of rotatable bonds is 7. The van der Waals surface area contributed by atoms with Crippen molar-refractivity contribution in [3.8, 4) is 17.0 Å². The lowest BCUT2D eigenvalue weighted by atomic mass is 10.1. The van der Waals surface area contributed by atoms with Crippen molar-refractivity contribution < 1.29 is 14.7 Å². The Kier molecular flexibility index (Phi) is 6.44. The number of halogens is 1. The van der Waals surface area contributed by atoms with Gasteiger partial charge in [-0.25, -0.2) is 0 Å². The number of phenolic OH excluding ortho intramolecular Hbond substituents is 1. The van der Waals surface area contributed by atoms with Crippen LogP contribution in [-0.2, 0) is 0 Å². The van der Waals surface area contributed by atoms with Crippen molar-refractivity contribution in [1.82, 2.24) is 20.8 Å². The van der Waals surface area contributed by atoms with E-state index in [0.29, 0.717) is 36.5 Å². The normalized spacial score (nSPS) is 10.5. The standard InChI is InChI=1S/C20H19BrN4O3/c21-15-7-5-13(6-8-15)17-12-18(25-24-17)20(28)23-10-2-9-22-19(27)14-3-1-4-16(26)11-14/h1,3-8,11-12,26H,2,9-10H2,(H,22,27)(H,23,28)(H,24,25). The largest absolute Gasteiger partial charge is 0.508 e. The van der Waals surface area contributed by atoms with Crippen LogP contribution < -0.4 is 10.6 Å². The number of aromatic amines is 1. The van der Waals surface area contributed by atoms with Gasteiger partial charge in [0.25, 0.3) is 11.8 Å². The molecule has 2 amide bonds. The van der Waals surface area contributed by atoms with Crippen molar-refractivity contribution in [2.75, 3.05) is 13.1 Å². The number of aromatic hydroxyl groups is 1. The molecule has 1 aromatic heterocycles. The molecule has 1 heterocycles. The second-order valence-electron chi connectivity index (χ2n) is 6.09. The summed E-state index contributed by atoms with van der Waals surface area (Å²) in [4.78, 5) is 24.1. The van der Waals surface area contributed by atoms with Crippen molar-refractivity contribution in [1.29, 1.82) is 0 Å². The van der Waals surface area contributed by atoms with Gasteiger partial charge in [-0.3, -0.25) is 14.7 Å². The van der Waals surface area contributed by atoms with Crippen LogP contribution in [0.4, 0.5) is 0 Å². The summed E-state index contributed by atoms with van der Waals surface area (Å²) >= 11 is 3.38. The average molecular weight is 443 g/mol. The van der Waals surface area contributed by atoms with Crippen LogP contribution in [-0.4, -0.2) is 40.2 Å². The van der Waals surface area contributed by atoms with Gasteiger partial charge in [-0.1, -0.05) is 34.1 Å². The molecule has 0 unspecified atom stereocenters. The van der Waals surface area contributed by atoms with E-state index in [1.807, 2.05) is 24.3 Å². The quantitative estimate of drug-likeness (QED) is 0.421. The summed E-state index contributed by atoms with van der Waals surface area (Å²) in [5.74, 6) is -0.480. The van der Waals surface area contributed by atoms with Gasteiger partial charge in [0.15, 0.2) is 0 Å². The molecular formula is C20H19BrN4O3. The van der Waals surface area contributed by atoms with Gasteiger partial charge in [0.05, 0.1) is 5.69 Å². The molecule has 2 aromatic carbocycles. The number of nitrogens with one attached hydrogen (secondary N) is 3. The fourth-order valence-electron chi connectivity index (χ4n) is 2.54. The molecule has 0 atom stereocenters. The van der Waals surface area contributed by atoms with Gasteiger partial charge < -0.3 is 15.7 Å². The molecule has 8 heteroatoms. The predicted octanol–water partition coefficient (Wildman–Crippen LogP) is 3.09. The van der Waals surface area contributed by atoms with E-state index in [1.54, 1.807) is 18.2 Å². The fourth-order valence-corrected chi connectivity index (χ4v) is 2.81. The van der Waals surface area contributed by atoms with Gasteiger partial charge in [0, 0.05) is 28.7 Å². The first-order chi connectivity index (χ1) is 13.5. The van der Waals surface area contributed by atoms with Crippen LogP contribution in [0.25, 0.3) is 11.3 Å². The summed E-state index contributed by atoms with van der Waals surface area (Å²) in [7, 11) is 0. The SMILES string of the molecule is O=C(NCCCNC(=O)c1cc(-c2ccc(Br)cc2)n[nH]1)c1cccc(O)c1. The highest BCUT2D eigenvalue weighted by atomic mass is 79.9. The molecule has 0 bridgehead atoms. The third kappa shape index (κ3) is 5.20. The zero-order valence-electron chi connectivity index (χ0n) is 14.9. The van der Waals surface area contributed by atoms with Gasteiger partial charge in [-0.15, -0.1) is 0 Å².